The van der Waals surface area contributed by atoms with Crippen LogP contribution in [0.4, 0.5) is 5.69 Å². The molecule has 1 fully saturated rings. The largest absolute Gasteiger partial charge is 0.480 e. The minimum absolute atomic E-state index is 0.135. The van der Waals surface area contributed by atoms with Crippen LogP contribution in [-0.4, -0.2) is 36.6 Å². The lowest BCUT2D eigenvalue weighted by Gasteiger charge is -2.21. The fourth-order valence-electron chi connectivity index (χ4n) is 1.90. The number of carbonyl (C=O) groups excluding carboxylic acids is 1. The lowest BCUT2D eigenvalue weighted by atomic mass is 10.2. The molecule has 1 aromatic carbocycles. The third-order valence-electron chi connectivity index (χ3n) is 3.12. The molecule has 1 saturated carbocycles. The number of carbonyl (C=O) groups is 2. The van der Waals surface area contributed by atoms with Gasteiger partial charge in [-0.15, -0.1) is 0 Å². The van der Waals surface area contributed by atoms with Crippen LogP contribution in [0.3, 0.4) is 0 Å². The third kappa shape index (κ3) is 4.51. The van der Waals surface area contributed by atoms with E-state index in [-0.39, 0.29) is 19.0 Å². The van der Waals surface area contributed by atoms with Crippen molar-refractivity contribution in [3.8, 4) is 0 Å². The van der Waals surface area contributed by atoms with Gasteiger partial charge in [-0.3, -0.25) is 9.59 Å². The molecule has 0 saturated heterocycles. The normalized spacial score (nSPS) is 14.1. The Labute approximate surface area is 122 Å². The number of anilines is 1. The maximum atomic E-state index is 12.1. The second kappa shape index (κ2) is 6.72. The second-order valence-corrected chi connectivity index (χ2v) is 5.36. The Morgan fingerprint density at radius 2 is 2.15 bits per heavy atom. The Morgan fingerprint density at radius 1 is 1.40 bits per heavy atom. The van der Waals surface area contributed by atoms with Crippen molar-refractivity contribution in [2.24, 2.45) is 5.92 Å². The number of benzene rings is 1. The molecule has 0 atom stereocenters. The molecule has 0 radical (unpaired) electrons. The summed E-state index contributed by atoms with van der Waals surface area (Å²) >= 11 is 5.88. The molecule has 1 aromatic rings. The molecule has 5 nitrogen and oxygen atoms in total. The standard InChI is InChI=1S/C14H17ClN2O3/c15-11-2-1-3-12(6-11)17(9-14(19)20)13(18)8-16-7-10-4-5-10/h1-3,6,10,16H,4-5,7-9H2,(H,19,20). The summed E-state index contributed by atoms with van der Waals surface area (Å²) in [5, 5.41) is 12.5. The molecule has 2 rings (SSSR count). The molecular formula is C14H17ClN2O3. The highest BCUT2D eigenvalue weighted by Crippen LogP contribution is 2.27. The molecule has 1 amide bonds. The number of rotatable bonds is 7. The number of nitrogens with zero attached hydrogens (tertiary/aromatic N) is 1. The van der Waals surface area contributed by atoms with Crippen LogP contribution in [0.25, 0.3) is 0 Å². The summed E-state index contributed by atoms with van der Waals surface area (Å²) in [6, 6.07) is 6.63. The van der Waals surface area contributed by atoms with E-state index in [2.05, 4.69) is 5.32 Å². The van der Waals surface area contributed by atoms with Gasteiger partial charge in [0.15, 0.2) is 0 Å². The fourth-order valence-corrected chi connectivity index (χ4v) is 2.09. The highest BCUT2D eigenvalue weighted by Gasteiger charge is 2.22. The third-order valence-corrected chi connectivity index (χ3v) is 3.36. The Bertz CT molecular complexity index is 503. The van der Waals surface area contributed by atoms with Gasteiger partial charge >= 0.3 is 5.97 Å². The van der Waals surface area contributed by atoms with Crippen molar-refractivity contribution in [1.29, 1.82) is 0 Å². The summed E-state index contributed by atoms with van der Waals surface area (Å²) in [7, 11) is 0. The van der Waals surface area contributed by atoms with Crippen LogP contribution in [0.5, 0.6) is 0 Å². The van der Waals surface area contributed by atoms with Crippen molar-refractivity contribution in [2.45, 2.75) is 12.8 Å². The number of amides is 1. The molecule has 1 aliphatic carbocycles. The predicted molar refractivity (Wildman–Crippen MR) is 77.0 cm³/mol. The zero-order valence-electron chi connectivity index (χ0n) is 11.0. The van der Waals surface area contributed by atoms with Crippen molar-refractivity contribution < 1.29 is 14.7 Å². The van der Waals surface area contributed by atoms with Crippen molar-refractivity contribution in [3.63, 3.8) is 0 Å². The molecule has 6 heteroatoms. The average molecular weight is 297 g/mol. The van der Waals surface area contributed by atoms with Crippen LogP contribution in [0.2, 0.25) is 5.02 Å². The maximum Gasteiger partial charge on any atom is 0.323 e. The maximum absolute atomic E-state index is 12.1. The highest BCUT2D eigenvalue weighted by atomic mass is 35.5. The van der Waals surface area contributed by atoms with Crippen molar-refractivity contribution >= 4 is 29.2 Å². The number of halogens is 1. The number of carboxylic acid groups (broad SMARTS) is 1. The van der Waals surface area contributed by atoms with Gasteiger partial charge in [-0.2, -0.15) is 0 Å². The van der Waals surface area contributed by atoms with Gasteiger partial charge < -0.3 is 15.3 Å². The summed E-state index contributed by atoms with van der Waals surface area (Å²) in [5.74, 6) is -0.655. The van der Waals surface area contributed by atoms with Crippen LogP contribution in [0.1, 0.15) is 12.8 Å². The van der Waals surface area contributed by atoms with Crippen LogP contribution < -0.4 is 10.2 Å². The van der Waals surface area contributed by atoms with E-state index in [4.69, 9.17) is 16.7 Å². The minimum atomic E-state index is -1.06. The molecule has 0 aromatic heterocycles. The van der Waals surface area contributed by atoms with Crippen LogP contribution in [0.15, 0.2) is 24.3 Å². The lowest BCUT2D eigenvalue weighted by Crippen LogP contribution is -2.41. The van der Waals surface area contributed by atoms with E-state index in [0.29, 0.717) is 16.6 Å². The predicted octanol–water partition coefficient (Wildman–Crippen LogP) is 1.76. The average Bonchev–Trinajstić information content (AvgIpc) is 3.19. The lowest BCUT2D eigenvalue weighted by molar-refractivity contribution is -0.136. The first-order chi connectivity index (χ1) is 9.56. The molecule has 20 heavy (non-hydrogen) atoms. The molecule has 0 bridgehead atoms. The molecule has 0 aliphatic heterocycles. The van der Waals surface area contributed by atoms with E-state index < -0.39 is 5.97 Å². The summed E-state index contributed by atoms with van der Waals surface area (Å²) < 4.78 is 0. The summed E-state index contributed by atoms with van der Waals surface area (Å²) in [6.07, 6.45) is 2.41. The Morgan fingerprint density at radius 3 is 2.75 bits per heavy atom. The monoisotopic (exact) mass is 296 g/mol. The highest BCUT2D eigenvalue weighted by molar-refractivity contribution is 6.30. The molecule has 0 spiro atoms. The Kier molecular flexibility index (Phi) is 4.98. The van der Waals surface area contributed by atoms with Crippen molar-refractivity contribution in [1.82, 2.24) is 5.32 Å². The quantitative estimate of drug-likeness (QED) is 0.804. The van der Waals surface area contributed by atoms with Gasteiger partial charge in [0.1, 0.15) is 6.54 Å². The van der Waals surface area contributed by atoms with E-state index in [1.54, 1.807) is 24.3 Å². The van der Waals surface area contributed by atoms with E-state index >= 15 is 0 Å². The van der Waals surface area contributed by atoms with E-state index in [9.17, 15) is 9.59 Å². The molecular weight excluding hydrogens is 280 g/mol. The van der Waals surface area contributed by atoms with E-state index in [1.165, 1.54) is 17.7 Å². The minimum Gasteiger partial charge on any atom is -0.480 e. The smallest absolute Gasteiger partial charge is 0.323 e. The zero-order chi connectivity index (χ0) is 14.5. The van der Waals surface area contributed by atoms with Gasteiger partial charge in [-0.25, -0.2) is 0 Å². The first-order valence-corrected chi connectivity index (χ1v) is 6.92. The van der Waals surface area contributed by atoms with E-state index in [1.807, 2.05) is 0 Å². The number of carboxylic acids is 1. The molecule has 0 unspecified atom stereocenters. The number of aliphatic carboxylic acids is 1. The second-order valence-electron chi connectivity index (χ2n) is 4.93. The van der Waals surface area contributed by atoms with Gasteiger partial charge in [0.05, 0.1) is 6.54 Å². The number of nitrogens with one attached hydrogen (secondary N) is 1. The Hall–Kier alpha value is -1.59. The van der Waals surface area contributed by atoms with Gasteiger partial charge in [-0.1, -0.05) is 17.7 Å². The topological polar surface area (TPSA) is 69.6 Å². The van der Waals surface area contributed by atoms with Gasteiger partial charge in [0, 0.05) is 10.7 Å². The first-order valence-electron chi connectivity index (χ1n) is 6.54. The Balaban J connectivity index is 2.01. The van der Waals surface area contributed by atoms with Crippen LogP contribution >= 0.6 is 11.6 Å². The van der Waals surface area contributed by atoms with Crippen LogP contribution in [-0.2, 0) is 9.59 Å². The fraction of sp³-hybridized carbons (Fsp3) is 0.429. The number of hydrogen-bond acceptors (Lipinski definition) is 3. The summed E-state index contributed by atoms with van der Waals surface area (Å²) in [5.41, 5.74) is 0.498. The van der Waals surface area contributed by atoms with Gasteiger partial charge in [0.2, 0.25) is 5.91 Å². The van der Waals surface area contributed by atoms with Crippen LogP contribution in [0, 0.1) is 5.92 Å². The molecule has 2 N–H and O–H groups in total. The molecule has 1 aliphatic rings. The number of hydrogen-bond donors (Lipinski definition) is 2. The van der Waals surface area contributed by atoms with E-state index in [0.717, 1.165) is 6.54 Å². The van der Waals surface area contributed by atoms with Crippen molar-refractivity contribution in [3.05, 3.63) is 29.3 Å². The summed E-state index contributed by atoms with van der Waals surface area (Å²) in [6.45, 7) is 0.572. The molecule has 108 valence electrons. The summed E-state index contributed by atoms with van der Waals surface area (Å²) in [4.78, 5) is 24.3. The SMILES string of the molecule is O=C(O)CN(C(=O)CNCC1CC1)c1cccc(Cl)c1. The zero-order valence-corrected chi connectivity index (χ0v) is 11.8. The molecule has 0 heterocycles. The van der Waals surface area contributed by atoms with Crippen molar-refractivity contribution in [2.75, 3.05) is 24.5 Å². The van der Waals surface area contributed by atoms with Gasteiger partial charge in [0.25, 0.3) is 0 Å². The van der Waals surface area contributed by atoms with Gasteiger partial charge in [-0.05, 0) is 43.5 Å². The first kappa shape index (κ1) is 14.8.